The summed E-state index contributed by atoms with van der Waals surface area (Å²) in [6.07, 6.45) is 12.8. The second-order valence-electron chi connectivity index (χ2n) is 9.49. The van der Waals surface area contributed by atoms with Crippen LogP contribution in [0.4, 0.5) is 0 Å². The molecule has 5 aliphatic rings. The molecule has 2 bridgehead atoms. The van der Waals surface area contributed by atoms with Gasteiger partial charge in [-0.15, -0.1) is 0 Å². The molecule has 5 rings (SSSR count). The van der Waals surface area contributed by atoms with Crippen LogP contribution in [0.2, 0.25) is 0 Å². The lowest BCUT2D eigenvalue weighted by molar-refractivity contribution is -0.149. The third-order valence-electron chi connectivity index (χ3n) is 8.57. The van der Waals surface area contributed by atoms with Gasteiger partial charge in [0.2, 0.25) is 0 Å². The Morgan fingerprint density at radius 1 is 1.17 bits per heavy atom. The van der Waals surface area contributed by atoms with Crippen molar-refractivity contribution in [1.82, 2.24) is 0 Å². The van der Waals surface area contributed by atoms with E-state index < -0.39 is 0 Å². The Morgan fingerprint density at radius 3 is 2.83 bits per heavy atom. The third kappa shape index (κ3) is 1.63. The Morgan fingerprint density at radius 2 is 2.00 bits per heavy atom. The molecule has 2 saturated carbocycles. The first-order valence-electron chi connectivity index (χ1n) is 9.71. The Bertz CT molecular complexity index is 619. The normalized spacial score (nSPS) is 57.2. The molecule has 0 radical (unpaired) electrons. The fraction of sp³-hybridized carbons (Fsp3) is 0.810. The van der Waals surface area contributed by atoms with Gasteiger partial charge in [-0.2, -0.15) is 0 Å². The van der Waals surface area contributed by atoms with Gasteiger partial charge >= 0.3 is 0 Å². The number of hydrogen-bond acceptors (Lipinski definition) is 2. The molecule has 2 aliphatic heterocycles. The van der Waals surface area contributed by atoms with Crippen molar-refractivity contribution in [2.75, 3.05) is 0 Å². The summed E-state index contributed by atoms with van der Waals surface area (Å²) in [5, 5.41) is 10.3. The first-order chi connectivity index (χ1) is 10.9. The summed E-state index contributed by atoms with van der Waals surface area (Å²) in [4.78, 5) is 0. The second-order valence-corrected chi connectivity index (χ2v) is 9.49. The highest BCUT2D eigenvalue weighted by Gasteiger charge is 2.66. The van der Waals surface area contributed by atoms with Crippen LogP contribution in [-0.2, 0) is 4.74 Å². The van der Waals surface area contributed by atoms with Crippen molar-refractivity contribution in [1.29, 1.82) is 0 Å². The zero-order chi connectivity index (χ0) is 16.0. The molecule has 2 heteroatoms. The summed E-state index contributed by atoms with van der Waals surface area (Å²) in [5.74, 6) is 1.84. The minimum absolute atomic E-state index is 0.0249. The number of ether oxygens (including phenoxy) is 1. The molecule has 2 nitrogen and oxygen atoms in total. The van der Waals surface area contributed by atoms with E-state index in [1.165, 1.54) is 37.7 Å². The van der Waals surface area contributed by atoms with Crippen molar-refractivity contribution in [2.24, 2.45) is 23.2 Å². The summed E-state index contributed by atoms with van der Waals surface area (Å²) in [7, 11) is 0. The van der Waals surface area contributed by atoms with Crippen LogP contribution >= 0.6 is 0 Å². The quantitative estimate of drug-likeness (QED) is 0.718. The number of aliphatic hydroxyl groups excluding tert-OH is 1. The lowest BCUT2D eigenvalue weighted by Gasteiger charge is -2.55. The van der Waals surface area contributed by atoms with Crippen molar-refractivity contribution in [3.05, 3.63) is 23.3 Å². The Kier molecular flexibility index (Phi) is 2.77. The fourth-order valence-electron chi connectivity index (χ4n) is 6.92. The minimum Gasteiger partial charge on any atom is -0.389 e. The Hall–Kier alpha value is -0.600. The van der Waals surface area contributed by atoms with Crippen LogP contribution in [0.5, 0.6) is 0 Å². The molecule has 0 amide bonds. The molecule has 0 aromatic heterocycles. The lowest BCUT2D eigenvalue weighted by atomic mass is 9.57. The molecule has 0 aromatic carbocycles. The molecule has 7 unspecified atom stereocenters. The monoisotopic (exact) mass is 314 g/mol. The molecule has 126 valence electrons. The van der Waals surface area contributed by atoms with E-state index >= 15 is 0 Å². The summed E-state index contributed by atoms with van der Waals surface area (Å²) in [6.45, 7) is 7.17. The minimum atomic E-state index is -0.301. The van der Waals surface area contributed by atoms with E-state index in [1.807, 2.05) is 0 Å². The van der Waals surface area contributed by atoms with Gasteiger partial charge in [0.25, 0.3) is 0 Å². The average molecular weight is 314 g/mol. The highest BCUT2D eigenvalue weighted by molar-refractivity contribution is 5.47. The molecule has 23 heavy (non-hydrogen) atoms. The van der Waals surface area contributed by atoms with E-state index in [2.05, 4.69) is 32.9 Å². The zero-order valence-corrected chi connectivity index (χ0v) is 14.8. The van der Waals surface area contributed by atoms with Crippen LogP contribution in [0.1, 0.15) is 65.7 Å². The van der Waals surface area contributed by atoms with E-state index in [4.69, 9.17) is 4.74 Å². The predicted molar refractivity (Wildman–Crippen MR) is 91.0 cm³/mol. The maximum absolute atomic E-state index is 10.3. The largest absolute Gasteiger partial charge is 0.389 e. The lowest BCUT2D eigenvalue weighted by Crippen LogP contribution is -2.55. The highest BCUT2D eigenvalue weighted by Crippen LogP contribution is 2.68. The van der Waals surface area contributed by atoms with E-state index in [9.17, 15) is 5.11 Å². The van der Waals surface area contributed by atoms with Crippen LogP contribution in [0.15, 0.2) is 23.3 Å². The maximum Gasteiger partial charge on any atom is 0.0946 e. The number of rotatable bonds is 0. The van der Waals surface area contributed by atoms with Gasteiger partial charge in [0.1, 0.15) is 0 Å². The number of fused-ring (bicyclic) bond motifs is 1. The van der Waals surface area contributed by atoms with Gasteiger partial charge in [0, 0.05) is 0 Å². The first-order valence-corrected chi connectivity index (χ1v) is 9.71. The van der Waals surface area contributed by atoms with E-state index in [0.717, 1.165) is 18.8 Å². The van der Waals surface area contributed by atoms with Gasteiger partial charge in [-0.25, -0.2) is 0 Å². The van der Waals surface area contributed by atoms with Gasteiger partial charge in [-0.1, -0.05) is 26.8 Å². The van der Waals surface area contributed by atoms with Crippen LogP contribution in [-0.4, -0.2) is 22.4 Å². The maximum atomic E-state index is 10.3. The summed E-state index contributed by atoms with van der Waals surface area (Å²) in [5.41, 5.74) is 3.24. The van der Waals surface area contributed by atoms with Gasteiger partial charge in [0.05, 0.1) is 17.3 Å². The molecule has 1 N–H and O–H groups in total. The highest BCUT2D eigenvalue weighted by atomic mass is 16.5. The zero-order valence-electron chi connectivity index (χ0n) is 14.8. The summed E-state index contributed by atoms with van der Waals surface area (Å²) >= 11 is 0. The van der Waals surface area contributed by atoms with Crippen LogP contribution < -0.4 is 0 Å². The third-order valence-corrected chi connectivity index (χ3v) is 8.57. The van der Waals surface area contributed by atoms with Gasteiger partial charge in [-0.3, -0.25) is 0 Å². The Labute approximate surface area is 140 Å². The molecule has 3 fully saturated rings. The number of aliphatic hydroxyl groups is 1. The predicted octanol–water partition coefficient (Wildman–Crippen LogP) is 4.39. The standard InChI is InChI=1S/C21H30O2/c1-13-12-20-8-9-21(23-20)15(10-16(20)11-17(13)22)6-7-19(3)14(2)4-5-18(19)21/h10-11,13-14,17-18,22H,4-9,12H2,1-3H3. The average Bonchev–Trinajstić information content (AvgIpc) is 2.98. The van der Waals surface area contributed by atoms with Gasteiger partial charge in [-0.05, 0) is 85.3 Å². The molecule has 2 heterocycles. The molecular formula is C21H30O2. The molecular weight excluding hydrogens is 284 g/mol. The van der Waals surface area contributed by atoms with Gasteiger partial charge < -0.3 is 9.84 Å². The van der Waals surface area contributed by atoms with E-state index in [-0.39, 0.29) is 17.3 Å². The SMILES string of the molecule is CC1CC23CCC4(O2)C(=CC3=CC1O)CCC1(C)C(C)CCC41. The number of hydrogen-bond donors (Lipinski definition) is 1. The molecule has 3 aliphatic carbocycles. The van der Waals surface area contributed by atoms with Crippen molar-refractivity contribution in [3.63, 3.8) is 0 Å². The molecule has 7 atom stereocenters. The van der Waals surface area contributed by atoms with Crippen molar-refractivity contribution >= 4 is 0 Å². The first kappa shape index (κ1) is 14.7. The van der Waals surface area contributed by atoms with Crippen LogP contribution in [0.3, 0.4) is 0 Å². The molecule has 0 aromatic rings. The topological polar surface area (TPSA) is 29.5 Å². The summed E-state index contributed by atoms with van der Waals surface area (Å²) in [6, 6.07) is 0. The smallest absolute Gasteiger partial charge is 0.0946 e. The molecule has 1 saturated heterocycles. The van der Waals surface area contributed by atoms with Crippen molar-refractivity contribution < 1.29 is 9.84 Å². The van der Waals surface area contributed by atoms with Crippen molar-refractivity contribution in [3.8, 4) is 0 Å². The second kappa shape index (κ2) is 4.32. The van der Waals surface area contributed by atoms with E-state index in [0.29, 0.717) is 17.3 Å². The Balaban J connectivity index is 1.64. The van der Waals surface area contributed by atoms with Gasteiger partial charge in [0.15, 0.2) is 0 Å². The summed E-state index contributed by atoms with van der Waals surface area (Å²) < 4.78 is 7.08. The molecule has 2 spiro atoms. The van der Waals surface area contributed by atoms with Crippen molar-refractivity contribution in [2.45, 2.75) is 83.0 Å². The van der Waals surface area contributed by atoms with Crippen LogP contribution in [0, 0.1) is 23.2 Å². The van der Waals surface area contributed by atoms with Crippen LogP contribution in [0.25, 0.3) is 0 Å². The van der Waals surface area contributed by atoms with E-state index in [1.54, 1.807) is 5.57 Å². The fourth-order valence-corrected chi connectivity index (χ4v) is 6.92.